The summed E-state index contributed by atoms with van der Waals surface area (Å²) in [4.78, 5) is 15.8. The number of anilines is 1. The summed E-state index contributed by atoms with van der Waals surface area (Å²) in [6.07, 6.45) is 2.53. The first-order valence-corrected chi connectivity index (χ1v) is 7.03. The van der Waals surface area contributed by atoms with Crippen molar-refractivity contribution in [3.63, 3.8) is 0 Å². The molecule has 2 heterocycles. The molecule has 3 aromatic rings. The van der Waals surface area contributed by atoms with Crippen molar-refractivity contribution in [1.82, 2.24) is 19.9 Å². The fourth-order valence-corrected chi connectivity index (χ4v) is 2.00. The number of ether oxygens (including phenoxy) is 1. The molecular formula is C14H14ClN5O. The number of benzene rings is 1. The van der Waals surface area contributed by atoms with Gasteiger partial charge in [0.2, 0.25) is 5.95 Å². The first-order chi connectivity index (χ1) is 10.3. The van der Waals surface area contributed by atoms with Crippen LogP contribution >= 0.6 is 11.6 Å². The minimum Gasteiger partial charge on any atom is -0.435 e. The number of rotatable bonds is 5. The molecule has 2 aromatic heterocycles. The minimum atomic E-state index is 0.393. The normalized spacial score (nSPS) is 10.8. The SMILES string of the molecule is CCCNc1nc(Oc2ccccc2Cl)c2[nH]cnc2n1. The molecule has 3 rings (SSSR count). The molecule has 0 spiro atoms. The van der Waals surface area contributed by atoms with Crippen LogP contribution in [0.3, 0.4) is 0 Å². The van der Waals surface area contributed by atoms with Crippen molar-refractivity contribution in [2.24, 2.45) is 0 Å². The van der Waals surface area contributed by atoms with Gasteiger partial charge in [-0.1, -0.05) is 30.7 Å². The minimum absolute atomic E-state index is 0.393. The van der Waals surface area contributed by atoms with Crippen molar-refractivity contribution >= 4 is 28.7 Å². The highest BCUT2D eigenvalue weighted by atomic mass is 35.5. The summed E-state index contributed by atoms with van der Waals surface area (Å²) in [5, 5.41) is 3.65. The number of nitrogens with zero attached hydrogens (tertiary/aromatic N) is 3. The number of halogens is 1. The molecule has 6 nitrogen and oxygen atoms in total. The van der Waals surface area contributed by atoms with E-state index in [-0.39, 0.29) is 0 Å². The van der Waals surface area contributed by atoms with Crippen LogP contribution in [0.1, 0.15) is 13.3 Å². The summed E-state index contributed by atoms with van der Waals surface area (Å²) < 4.78 is 5.81. The van der Waals surface area contributed by atoms with Crippen LogP contribution in [-0.2, 0) is 0 Å². The van der Waals surface area contributed by atoms with Crippen LogP contribution in [0.25, 0.3) is 11.2 Å². The zero-order chi connectivity index (χ0) is 14.7. The molecule has 0 unspecified atom stereocenters. The average molecular weight is 304 g/mol. The zero-order valence-electron chi connectivity index (χ0n) is 11.4. The van der Waals surface area contributed by atoms with Gasteiger partial charge in [-0.3, -0.25) is 0 Å². The van der Waals surface area contributed by atoms with E-state index in [0.717, 1.165) is 13.0 Å². The lowest BCUT2D eigenvalue weighted by Gasteiger charge is -2.09. The number of imidazole rings is 1. The second kappa shape index (κ2) is 5.97. The molecule has 21 heavy (non-hydrogen) atoms. The molecule has 0 aliphatic heterocycles. The number of fused-ring (bicyclic) bond motifs is 1. The van der Waals surface area contributed by atoms with Crippen molar-refractivity contribution in [1.29, 1.82) is 0 Å². The maximum absolute atomic E-state index is 6.11. The number of para-hydroxylation sites is 1. The Morgan fingerprint density at radius 3 is 2.95 bits per heavy atom. The van der Waals surface area contributed by atoms with Crippen LogP contribution < -0.4 is 10.1 Å². The molecular weight excluding hydrogens is 290 g/mol. The molecule has 0 fully saturated rings. The smallest absolute Gasteiger partial charge is 0.250 e. The van der Waals surface area contributed by atoms with Gasteiger partial charge in [-0.15, -0.1) is 0 Å². The van der Waals surface area contributed by atoms with Gasteiger partial charge in [0.15, 0.2) is 5.65 Å². The lowest BCUT2D eigenvalue weighted by molar-refractivity contribution is 0.468. The largest absolute Gasteiger partial charge is 0.435 e. The predicted octanol–water partition coefficient (Wildman–Crippen LogP) is 3.62. The van der Waals surface area contributed by atoms with E-state index in [1.165, 1.54) is 0 Å². The second-order valence-corrected chi connectivity index (χ2v) is 4.82. The van der Waals surface area contributed by atoms with E-state index in [4.69, 9.17) is 16.3 Å². The van der Waals surface area contributed by atoms with E-state index in [9.17, 15) is 0 Å². The third-order valence-corrected chi connectivity index (χ3v) is 3.14. The standard InChI is InChI=1S/C14H14ClN5O/c1-2-7-16-14-19-12-11(17-8-18-12)13(20-14)21-10-6-4-3-5-9(10)15/h3-6,8H,2,7H2,1H3,(H2,16,17,18,19,20). The van der Waals surface area contributed by atoms with Crippen LogP contribution in [0.15, 0.2) is 30.6 Å². The quantitative estimate of drug-likeness (QED) is 0.753. The van der Waals surface area contributed by atoms with Gasteiger partial charge in [-0.05, 0) is 18.6 Å². The lowest BCUT2D eigenvalue weighted by atomic mass is 10.3. The van der Waals surface area contributed by atoms with Gasteiger partial charge in [0, 0.05) is 6.54 Å². The number of aromatic nitrogens is 4. The van der Waals surface area contributed by atoms with Crippen LogP contribution in [0.5, 0.6) is 11.6 Å². The van der Waals surface area contributed by atoms with Crippen molar-refractivity contribution < 1.29 is 4.74 Å². The highest BCUT2D eigenvalue weighted by Crippen LogP contribution is 2.31. The maximum atomic E-state index is 6.11. The Hall–Kier alpha value is -2.34. The summed E-state index contributed by atoms with van der Waals surface area (Å²) in [7, 11) is 0. The first kappa shape index (κ1) is 13.6. The topological polar surface area (TPSA) is 75.7 Å². The van der Waals surface area contributed by atoms with Crippen molar-refractivity contribution in [2.75, 3.05) is 11.9 Å². The molecule has 0 bridgehead atoms. The Morgan fingerprint density at radius 1 is 1.29 bits per heavy atom. The van der Waals surface area contributed by atoms with E-state index >= 15 is 0 Å². The summed E-state index contributed by atoms with van der Waals surface area (Å²) in [6.45, 7) is 2.85. The van der Waals surface area contributed by atoms with Crippen LogP contribution in [0.4, 0.5) is 5.95 Å². The third-order valence-electron chi connectivity index (χ3n) is 2.83. The number of nitrogens with one attached hydrogen (secondary N) is 2. The third kappa shape index (κ3) is 2.90. The Balaban J connectivity index is 2.00. The fourth-order valence-electron chi connectivity index (χ4n) is 1.83. The number of hydrogen-bond donors (Lipinski definition) is 2. The summed E-state index contributed by atoms with van der Waals surface area (Å²) in [5.41, 5.74) is 1.18. The molecule has 7 heteroatoms. The van der Waals surface area contributed by atoms with Gasteiger partial charge in [0.05, 0.1) is 11.3 Å². The molecule has 1 aromatic carbocycles. The van der Waals surface area contributed by atoms with Crippen LogP contribution in [0, 0.1) is 0 Å². The summed E-state index contributed by atoms with van der Waals surface area (Å²) in [6, 6.07) is 7.24. The average Bonchev–Trinajstić information content (AvgIpc) is 2.96. The van der Waals surface area contributed by atoms with E-state index in [1.54, 1.807) is 18.5 Å². The van der Waals surface area contributed by atoms with Gasteiger partial charge < -0.3 is 15.0 Å². The lowest BCUT2D eigenvalue weighted by Crippen LogP contribution is -2.05. The summed E-state index contributed by atoms with van der Waals surface area (Å²) in [5.74, 6) is 1.41. The Bertz CT molecular complexity index is 758. The van der Waals surface area contributed by atoms with Crippen molar-refractivity contribution in [3.8, 4) is 11.6 Å². The maximum Gasteiger partial charge on any atom is 0.250 e. The predicted molar refractivity (Wildman–Crippen MR) is 82.0 cm³/mol. The van der Waals surface area contributed by atoms with Gasteiger partial charge in [-0.25, -0.2) is 4.98 Å². The molecule has 108 valence electrons. The molecule has 2 N–H and O–H groups in total. The molecule has 0 amide bonds. The monoisotopic (exact) mass is 303 g/mol. The molecule has 0 atom stereocenters. The Morgan fingerprint density at radius 2 is 2.14 bits per heavy atom. The van der Waals surface area contributed by atoms with E-state index < -0.39 is 0 Å². The number of H-pyrrole nitrogens is 1. The second-order valence-electron chi connectivity index (χ2n) is 4.41. The fraction of sp³-hybridized carbons (Fsp3) is 0.214. The van der Waals surface area contributed by atoms with Gasteiger partial charge >= 0.3 is 0 Å². The molecule has 0 saturated heterocycles. The zero-order valence-corrected chi connectivity index (χ0v) is 12.2. The highest BCUT2D eigenvalue weighted by molar-refractivity contribution is 6.32. The first-order valence-electron chi connectivity index (χ1n) is 6.65. The van der Waals surface area contributed by atoms with Gasteiger partial charge in [-0.2, -0.15) is 9.97 Å². The van der Waals surface area contributed by atoms with Gasteiger partial charge in [0.1, 0.15) is 11.3 Å². The molecule has 0 radical (unpaired) electrons. The number of aromatic amines is 1. The van der Waals surface area contributed by atoms with Crippen molar-refractivity contribution in [2.45, 2.75) is 13.3 Å². The van der Waals surface area contributed by atoms with Crippen LogP contribution in [-0.4, -0.2) is 26.5 Å². The van der Waals surface area contributed by atoms with Crippen molar-refractivity contribution in [3.05, 3.63) is 35.6 Å². The van der Waals surface area contributed by atoms with Gasteiger partial charge in [0.25, 0.3) is 5.88 Å². The molecule has 0 aliphatic rings. The molecule has 0 aliphatic carbocycles. The Kier molecular flexibility index (Phi) is 3.87. The van der Waals surface area contributed by atoms with E-state index in [1.807, 2.05) is 12.1 Å². The highest BCUT2D eigenvalue weighted by Gasteiger charge is 2.13. The number of hydrogen-bond acceptors (Lipinski definition) is 5. The molecule has 0 saturated carbocycles. The van der Waals surface area contributed by atoms with E-state index in [0.29, 0.717) is 33.8 Å². The Labute approximate surface area is 126 Å². The summed E-state index contributed by atoms with van der Waals surface area (Å²) >= 11 is 6.11. The van der Waals surface area contributed by atoms with E-state index in [2.05, 4.69) is 32.2 Å². The van der Waals surface area contributed by atoms with Crippen LogP contribution in [0.2, 0.25) is 5.02 Å².